The molecule has 0 aliphatic carbocycles. The standard InChI is InChI=1S/C28H31N7O4S/c1-3-21(36)34-13-7-8-17(15-34)32-26(37)24-23-22-19(11-12-29-27(22)40-24)35(28(38)33-23)25-16(2)31-20(14-30-25)39-18-9-5-4-6-10-18/h3-6,9-10,14,17,19,22,27,29H,1,7-8,11-13,15H2,2H3,(H,32,37)(H,33,38)/t17-,19?,22?,27?/m1/s1. The first-order valence-corrected chi connectivity index (χ1v) is 14.3. The molecule has 3 fully saturated rings. The van der Waals surface area contributed by atoms with Gasteiger partial charge in [0.1, 0.15) is 5.75 Å². The lowest BCUT2D eigenvalue weighted by atomic mass is 9.86. The zero-order chi connectivity index (χ0) is 27.8. The predicted octanol–water partition coefficient (Wildman–Crippen LogP) is 2.66. The molecule has 208 valence electrons. The molecule has 5 heterocycles. The molecule has 12 heteroatoms. The van der Waals surface area contributed by atoms with Crippen LogP contribution in [0, 0.1) is 12.8 Å². The number of amides is 4. The van der Waals surface area contributed by atoms with Crippen LogP contribution in [0.25, 0.3) is 0 Å². The molecule has 3 saturated heterocycles. The zero-order valence-corrected chi connectivity index (χ0v) is 22.9. The number of urea groups is 1. The largest absolute Gasteiger partial charge is 0.437 e. The number of carbonyl (C=O) groups is 3. The highest BCUT2D eigenvalue weighted by Crippen LogP contribution is 2.48. The van der Waals surface area contributed by atoms with Gasteiger partial charge in [-0.25, -0.2) is 14.8 Å². The molecule has 0 saturated carbocycles. The van der Waals surface area contributed by atoms with Gasteiger partial charge >= 0.3 is 6.03 Å². The van der Waals surface area contributed by atoms with Gasteiger partial charge in [-0.15, -0.1) is 0 Å². The van der Waals surface area contributed by atoms with E-state index in [1.165, 1.54) is 24.0 Å². The summed E-state index contributed by atoms with van der Waals surface area (Å²) in [7, 11) is 0. The molecule has 1 aromatic heterocycles. The van der Waals surface area contributed by atoms with Gasteiger partial charge in [-0.2, -0.15) is 0 Å². The molecule has 3 N–H and O–H groups in total. The zero-order valence-electron chi connectivity index (χ0n) is 22.1. The smallest absolute Gasteiger partial charge is 0.327 e. The normalized spacial score (nSPS) is 25.7. The molecule has 4 atom stereocenters. The maximum absolute atomic E-state index is 13.5. The lowest BCUT2D eigenvalue weighted by Gasteiger charge is -2.45. The van der Waals surface area contributed by atoms with E-state index in [-0.39, 0.29) is 41.2 Å². The molecule has 0 radical (unpaired) electrons. The van der Waals surface area contributed by atoms with E-state index in [2.05, 4.69) is 32.5 Å². The van der Waals surface area contributed by atoms with E-state index in [0.717, 1.165) is 12.8 Å². The van der Waals surface area contributed by atoms with Crippen molar-refractivity contribution in [2.24, 2.45) is 5.92 Å². The predicted molar refractivity (Wildman–Crippen MR) is 151 cm³/mol. The summed E-state index contributed by atoms with van der Waals surface area (Å²) in [4.78, 5) is 52.1. The van der Waals surface area contributed by atoms with Crippen molar-refractivity contribution >= 4 is 35.4 Å². The van der Waals surface area contributed by atoms with Crippen molar-refractivity contribution < 1.29 is 19.1 Å². The van der Waals surface area contributed by atoms with E-state index in [0.29, 0.717) is 59.8 Å². The van der Waals surface area contributed by atoms with Gasteiger partial charge < -0.3 is 25.6 Å². The molecule has 4 amide bonds. The maximum Gasteiger partial charge on any atom is 0.327 e. The van der Waals surface area contributed by atoms with E-state index in [9.17, 15) is 14.4 Å². The number of piperidine rings is 2. The molecule has 0 bridgehead atoms. The Kier molecular flexibility index (Phi) is 7.20. The molecule has 1 aromatic carbocycles. The second-order valence-corrected chi connectivity index (χ2v) is 11.4. The summed E-state index contributed by atoms with van der Waals surface area (Å²) < 4.78 is 5.82. The number of hydrogen-bond donors (Lipinski definition) is 3. The van der Waals surface area contributed by atoms with Crippen LogP contribution in [0.5, 0.6) is 11.6 Å². The Hall–Kier alpha value is -3.90. The quantitative estimate of drug-likeness (QED) is 0.460. The minimum atomic E-state index is -0.334. The topological polar surface area (TPSA) is 129 Å². The van der Waals surface area contributed by atoms with Gasteiger partial charge in [-0.1, -0.05) is 36.5 Å². The van der Waals surface area contributed by atoms with Crippen molar-refractivity contribution in [1.29, 1.82) is 0 Å². The molecule has 40 heavy (non-hydrogen) atoms. The van der Waals surface area contributed by atoms with Crippen molar-refractivity contribution in [1.82, 2.24) is 30.8 Å². The van der Waals surface area contributed by atoms with E-state index >= 15 is 0 Å². The number of benzene rings is 1. The SMILES string of the molecule is C=CC(=O)N1CCC[C@@H](NC(=O)C2=C3NC(=O)N(c4ncc(Oc5ccccc5)nc4C)C4CCNC(S2)C34)C1. The molecular weight excluding hydrogens is 530 g/mol. The van der Waals surface area contributed by atoms with Crippen molar-refractivity contribution in [3.63, 3.8) is 0 Å². The number of anilines is 1. The molecule has 4 aliphatic rings. The first kappa shape index (κ1) is 26.3. The van der Waals surface area contributed by atoms with Gasteiger partial charge in [-0.3, -0.25) is 14.5 Å². The van der Waals surface area contributed by atoms with E-state index < -0.39 is 0 Å². The Morgan fingerprint density at radius 3 is 2.85 bits per heavy atom. The highest BCUT2D eigenvalue weighted by atomic mass is 32.2. The third kappa shape index (κ3) is 4.92. The minimum Gasteiger partial charge on any atom is -0.437 e. The molecule has 3 unspecified atom stereocenters. The summed E-state index contributed by atoms with van der Waals surface area (Å²) in [5, 5.41) is 9.56. The van der Waals surface area contributed by atoms with Crippen molar-refractivity contribution in [2.45, 2.75) is 43.6 Å². The summed E-state index contributed by atoms with van der Waals surface area (Å²) in [5.74, 6) is 1.01. The highest BCUT2D eigenvalue weighted by Gasteiger charge is 2.52. The molecule has 0 spiro atoms. The van der Waals surface area contributed by atoms with E-state index in [4.69, 9.17) is 4.74 Å². The molecule has 11 nitrogen and oxygen atoms in total. The van der Waals surface area contributed by atoms with Crippen LogP contribution >= 0.6 is 11.8 Å². The van der Waals surface area contributed by atoms with E-state index in [1.54, 1.807) is 9.80 Å². The Morgan fingerprint density at radius 1 is 1.25 bits per heavy atom. The number of likely N-dealkylation sites (tertiary alicyclic amines) is 1. The Morgan fingerprint density at radius 2 is 2.08 bits per heavy atom. The highest BCUT2D eigenvalue weighted by molar-refractivity contribution is 8.04. The van der Waals surface area contributed by atoms with Crippen LogP contribution < -0.4 is 25.6 Å². The third-order valence-corrected chi connectivity index (χ3v) is 9.04. The first-order chi connectivity index (χ1) is 19.4. The van der Waals surface area contributed by atoms with Crippen LogP contribution in [0.15, 0.2) is 59.8 Å². The molecule has 6 rings (SSSR count). The Balaban J connectivity index is 1.22. The van der Waals surface area contributed by atoms with Crippen LogP contribution in [0.1, 0.15) is 25.0 Å². The second-order valence-electron chi connectivity index (χ2n) is 10.3. The molecule has 4 aliphatic heterocycles. The fourth-order valence-corrected chi connectivity index (χ4v) is 7.29. The van der Waals surface area contributed by atoms with Crippen molar-refractivity contribution in [3.8, 4) is 11.6 Å². The van der Waals surface area contributed by atoms with Crippen LogP contribution in [-0.2, 0) is 9.59 Å². The van der Waals surface area contributed by atoms with Crippen LogP contribution in [-0.4, -0.2) is 69.8 Å². The van der Waals surface area contributed by atoms with Gasteiger partial charge in [0.2, 0.25) is 11.8 Å². The second kappa shape index (κ2) is 10.9. The van der Waals surface area contributed by atoms with Crippen LogP contribution in [0.2, 0.25) is 0 Å². The number of carbonyl (C=O) groups excluding carboxylic acids is 3. The van der Waals surface area contributed by atoms with Gasteiger partial charge in [0.15, 0.2) is 5.82 Å². The van der Waals surface area contributed by atoms with Crippen molar-refractivity contribution in [2.75, 3.05) is 24.5 Å². The number of ether oxygens (including phenoxy) is 1. The number of nitrogens with zero attached hydrogens (tertiary/aromatic N) is 4. The first-order valence-electron chi connectivity index (χ1n) is 13.5. The number of para-hydroxylation sites is 1. The lowest BCUT2D eigenvalue weighted by Crippen LogP contribution is -2.62. The van der Waals surface area contributed by atoms with Gasteiger partial charge in [-0.05, 0) is 50.9 Å². The van der Waals surface area contributed by atoms with E-state index in [1.807, 2.05) is 37.3 Å². The summed E-state index contributed by atoms with van der Waals surface area (Å²) in [6, 6.07) is 8.66. The van der Waals surface area contributed by atoms with Gasteiger partial charge in [0, 0.05) is 30.7 Å². The third-order valence-electron chi connectivity index (χ3n) is 7.68. The minimum absolute atomic E-state index is 0.0586. The van der Waals surface area contributed by atoms with Crippen LogP contribution in [0.4, 0.5) is 10.6 Å². The Bertz CT molecular complexity index is 1380. The van der Waals surface area contributed by atoms with Crippen molar-refractivity contribution in [3.05, 3.63) is 65.5 Å². The maximum atomic E-state index is 13.5. The average molecular weight is 562 g/mol. The summed E-state index contributed by atoms with van der Waals surface area (Å²) in [6.45, 7) is 7.18. The number of aromatic nitrogens is 2. The Labute approximate surface area is 236 Å². The monoisotopic (exact) mass is 561 g/mol. The van der Waals surface area contributed by atoms with Gasteiger partial charge in [0.05, 0.1) is 28.2 Å². The van der Waals surface area contributed by atoms with Crippen LogP contribution in [0.3, 0.4) is 0 Å². The lowest BCUT2D eigenvalue weighted by molar-refractivity contribution is -0.128. The molecular formula is C28H31N7O4S. The van der Waals surface area contributed by atoms with Gasteiger partial charge in [0.25, 0.3) is 5.91 Å². The number of aryl methyl sites for hydroxylation is 1. The molecule has 2 aromatic rings. The summed E-state index contributed by atoms with van der Waals surface area (Å²) in [5.41, 5.74) is 1.22. The summed E-state index contributed by atoms with van der Waals surface area (Å²) in [6.07, 6.45) is 5.13. The number of rotatable bonds is 6. The average Bonchev–Trinajstić information content (AvgIpc) is 3.33. The fraction of sp³-hybridized carbons (Fsp3) is 0.393. The number of hydrogen-bond acceptors (Lipinski definition) is 8. The summed E-state index contributed by atoms with van der Waals surface area (Å²) >= 11 is 1.45. The number of thioether (sulfide) groups is 1. The number of nitrogens with one attached hydrogen (secondary N) is 3. The fourth-order valence-electron chi connectivity index (χ4n) is 5.89.